The molecule has 128 valence electrons. The number of amides is 1. The molecule has 23 heavy (non-hydrogen) atoms. The van der Waals surface area contributed by atoms with Gasteiger partial charge in [0, 0.05) is 30.9 Å². The highest BCUT2D eigenvalue weighted by atomic mass is 35.5. The van der Waals surface area contributed by atoms with E-state index in [1.807, 2.05) is 0 Å². The standard InChI is InChI=1S/C16H22ClN3O2.ClH/c1-22-15-5-4-12(8-14(15)17)19-16(21)10-20-7-6-11-2-3-13(9-20)18-11;/h4-5,8,11,13,18H,2-3,6-7,9-10H2,1H3,(H,19,21);1H. The molecule has 2 aliphatic heterocycles. The Bertz CT molecular complexity index is 556. The molecule has 2 aliphatic rings. The van der Waals surface area contributed by atoms with Gasteiger partial charge in [0.1, 0.15) is 5.75 Å². The Balaban J connectivity index is 0.00000192. The van der Waals surface area contributed by atoms with Crippen LogP contribution in [0.4, 0.5) is 5.69 Å². The fraction of sp³-hybridized carbons (Fsp3) is 0.562. The van der Waals surface area contributed by atoms with Crippen LogP contribution in [-0.4, -0.2) is 49.6 Å². The fourth-order valence-corrected chi connectivity index (χ4v) is 3.56. The number of fused-ring (bicyclic) bond motifs is 2. The van der Waals surface area contributed by atoms with Crippen LogP contribution in [0.1, 0.15) is 19.3 Å². The zero-order valence-corrected chi connectivity index (χ0v) is 14.8. The number of hydrogen-bond donors (Lipinski definition) is 2. The predicted octanol–water partition coefficient (Wildman–Crippen LogP) is 2.54. The number of halogens is 2. The van der Waals surface area contributed by atoms with Crippen molar-refractivity contribution in [3.05, 3.63) is 23.2 Å². The van der Waals surface area contributed by atoms with Gasteiger partial charge < -0.3 is 15.4 Å². The Kier molecular flexibility index (Phi) is 6.53. The third-order valence-electron chi connectivity index (χ3n) is 4.41. The van der Waals surface area contributed by atoms with Crippen molar-refractivity contribution in [1.29, 1.82) is 0 Å². The summed E-state index contributed by atoms with van der Waals surface area (Å²) in [5.41, 5.74) is 0.699. The summed E-state index contributed by atoms with van der Waals surface area (Å²) in [6.07, 6.45) is 3.62. The number of carbonyl (C=O) groups is 1. The number of rotatable bonds is 4. The number of nitrogens with one attached hydrogen (secondary N) is 2. The van der Waals surface area contributed by atoms with Crippen molar-refractivity contribution in [2.45, 2.75) is 31.3 Å². The van der Waals surface area contributed by atoms with Gasteiger partial charge in [0.15, 0.2) is 0 Å². The third-order valence-corrected chi connectivity index (χ3v) is 4.71. The number of benzene rings is 1. The number of anilines is 1. The molecule has 7 heteroatoms. The van der Waals surface area contributed by atoms with Gasteiger partial charge in [-0.05, 0) is 37.5 Å². The van der Waals surface area contributed by atoms with Crippen molar-refractivity contribution >= 4 is 35.6 Å². The molecule has 1 aromatic rings. The molecule has 1 amide bonds. The number of hydrogen-bond acceptors (Lipinski definition) is 4. The highest BCUT2D eigenvalue weighted by molar-refractivity contribution is 6.32. The highest BCUT2D eigenvalue weighted by Gasteiger charge is 2.29. The molecule has 2 unspecified atom stereocenters. The summed E-state index contributed by atoms with van der Waals surface area (Å²) < 4.78 is 5.11. The summed E-state index contributed by atoms with van der Waals surface area (Å²) in [4.78, 5) is 14.5. The van der Waals surface area contributed by atoms with E-state index in [4.69, 9.17) is 16.3 Å². The van der Waals surface area contributed by atoms with Crippen molar-refractivity contribution in [2.75, 3.05) is 32.1 Å². The summed E-state index contributed by atoms with van der Waals surface area (Å²) >= 11 is 6.07. The Hall–Kier alpha value is -1.01. The van der Waals surface area contributed by atoms with Crippen molar-refractivity contribution in [1.82, 2.24) is 10.2 Å². The largest absolute Gasteiger partial charge is 0.495 e. The fourth-order valence-electron chi connectivity index (χ4n) is 3.31. The van der Waals surface area contributed by atoms with Gasteiger partial charge >= 0.3 is 0 Å². The van der Waals surface area contributed by atoms with Crippen LogP contribution < -0.4 is 15.4 Å². The van der Waals surface area contributed by atoms with Crippen LogP contribution in [0.3, 0.4) is 0 Å². The highest BCUT2D eigenvalue weighted by Crippen LogP contribution is 2.27. The van der Waals surface area contributed by atoms with Crippen LogP contribution in [0, 0.1) is 0 Å². The van der Waals surface area contributed by atoms with Gasteiger partial charge in [0.25, 0.3) is 0 Å². The summed E-state index contributed by atoms with van der Waals surface area (Å²) in [5.74, 6) is 0.605. The first kappa shape index (κ1) is 18.3. The second-order valence-electron chi connectivity index (χ2n) is 6.06. The summed E-state index contributed by atoms with van der Waals surface area (Å²) in [7, 11) is 1.57. The number of methoxy groups -OCH3 is 1. The number of nitrogens with zero attached hydrogens (tertiary/aromatic N) is 1. The molecule has 0 radical (unpaired) electrons. The van der Waals surface area contributed by atoms with E-state index in [1.54, 1.807) is 25.3 Å². The SMILES string of the molecule is COc1ccc(NC(=O)CN2CCC3CCC(C2)N3)cc1Cl.Cl. The van der Waals surface area contributed by atoms with E-state index < -0.39 is 0 Å². The minimum Gasteiger partial charge on any atom is -0.495 e. The molecule has 0 spiro atoms. The van der Waals surface area contributed by atoms with Crippen molar-refractivity contribution in [2.24, 2.45) is 0 Å². The maximum absolute atomic E-state index is 12.2. The molecular weight excluding hydrogens is 337 g/mol. The topological polar surface area (TPSA) is 53.6 Å². The normalized spacial score (nSPS) is 23.7. The molecule has 5 nitrogen and oxygen atoms in total. The average molecular weight is 360 g/mol. The zero-order valence-electron chi connectivity index (χ0n) is 13.2. The minimum absolute atomic E-state index is 0. The van der Waals surface area contributed by atoms with Gasteiger partial charge in [-0.15, -0.1) is 12.4 Å². The predicted molar refractivity (Wildman–Crippen MR) is 94.9 cm³/mol. The van der Waals surface area contributed by atoms with Gasteiger partial charge in [-0.1, -0.05) is 11.6 Å². The van der Waals surface area contributed by atoms with Gasteiger partial charge in [-0.2, -0.15) is 0 Å². The second-order valence-corrected chi connectivity index (χ2v) is 6.47. The molecule has 2 atom stereocenters. The number of likely N-dealkylation sites (tertiary alicyclic amines) is 1. The Labute approximate surface area is 148 Å². The molecule has 0 aromatic heterocycles. The van der Waals surface area contributed by atoms with E-state index in [0.717, 1.165) is 19.5 Å². The van der Waals surface area contributed by atoms with Crippen LogP contribution in [0.15, 0.2) is 18.2 Å². The maximum atomic E-state index is 12.2. The monoisotopic (exact) mass is 359 g/mol. The molecule has 2 bridgehead atoms. The summed E-state index contributed by atoms with van der Waals surface area (Å²) in [5, 5.41) is 7.02. The first-order valence-electron chi connectivity index (χ1n) is 7.76. The maximum Gasteiger partial charge on any atom is 0.238 e. The van der Waals surface area contributed by atoms with Crippen LogP contribution in [0.5, 0.6) is 5.75 Å². The molecule has 0 saturated carbocycles. The lowest BCUT2D eigenvalue weighted by Gasteiger charge is -2.23. The van der Waals surface area contributed by atoms with E-state index in [2.05, 4.69) is 15.5 Å². The zero-order chi connectivity index (χ0) is 15.5. The summed E-state index contributed by atoms with van der Waals surface area (Å²) in [6, 6.07) is 6.44. The van der Waals surface area contributed by atoms with Crippen LogP contribution in [-0.2, 0) is 4.79 Å². The minimum atomic E-state index is -0.000919. The molecule has 1 aromatic carbocycles. The Morgan fingerprint density at radius 2 is 2.17 bits per heavy atom. The second kappa shape index (κ2) is 8.20. The molecule has 2 N–H and O–H groups in total. The van der Waals surface area contributed by atoms with Gasteiger partial charge in [-0.3, -0.25) is 9.69 Å². The van der Waals surface area contributed by atoms with E-state index in [0.29, 0.717) is 35.1 Å². The molecule has 0 aliphatic carbocycles. The quantitative estimate of drug-likeness (QED) is 0.867. The first-order valence-corrected chi connectivity index (χ1v) is 8.13. The molecule has 2 saturated heterocycles. The molecular formula is C16H23Cl2N3O2. The lowest BCUT2D eigenvalue weighted by Crippen LogP contribution is -2.39. The van der Waals surface area contributed by atoms with Crippen LogP contribution >= 0.6 is 24.0 Å². The summed E-state index contributed by atoms with van der Waals surface area (Å²) in [6.45, 7) is 2.35. The van der Waals surface area contributed by atoms with Crippen molar-refractivity contribution < 1.29 is 9.53 Å². The van der Waals surface area contributed by atoms with Crippen LogP contribution in [0.2, 0.25) is 5.02 Å². The van der Waals surface area contributed by atoms with Crippen LogP contribution in [0.25, 0.3) is 0 Å². The van der Waals surface area contributed by atoms with Gasteiger partial charge in [-0.25, -0.2) is 0 Å². The average Bonchev–Trinajstić information content (AvgIpc) is 2.82. The lowest BCUT2D eigenvalue weighted by molar-refractivity contribution is -0.117. The first-order chi connectivity index (χ1) is 10.6. The number of ether oxygens (including phenoxy) is 1. The molecule has 2 fully saturated rings. The third kappa shape index (κ3) is 4.73. The Morgan fingerprint density at radius 1 is 1.39 bits per heavy atom. The van der Waals surface area contributed by atoms with Crippen molar-refractivity contribution in [3.8, 4) is 5.75 Å². The van der Waals surface area contributed by atoms with Crippen molar-refractivity contribution in [3.63, 3.8) is 0 Å². The van der Waals surface area contributed by atoms with E-state index in [1.165, 1.54) is 12.8 Å². The van der Waals surface area contributed by atoms with Gasteiger partial charge in [0.05, 0.1) is 18.7 Å². The number of carbonyl (C=O) groups excluding carboxylic acids is 1. The van der Waals surface area contributed by atoms with Gasteiger partial charge in [0.2, 0.25) is 5.91 Å². The Morgan fingerprint density at radius 3 is 2.91 bits per heavy atom. The smallest absolute Gasteiger partial charge is 0.238 e. The van der Waals surface area contributed by atoms with E-state index in [-0.39, 0.29) is 18.3 Å². The van der Waals surface area contributed by atoms with E-state index in [9.17, 15) is 4.79 Å². The lowest BCUT2D eigenvalue weighted by atomic mass is 10.1. The molecule has 3 rings (SSSR count). The van der Waals surface area contributed by atoms with E-state index >= 15 is 0 Å². The molecule has 2 heterocycles.